The van der Waals surface area contributed by atoms with E-state index >= 15 is 0 Å². The van der Waals surface area contributed by atoms with Gasteiger partial charge in [-0.15, -0.1) is 0 Å². The number of rotatable bonds is 7. The van der Waals surface area contributed by atoms with Gasteiger partial charge in [0.25, 0.3) is 15.9 Å². The summed E-state index contributed by atoms with van der Waals surface area (Å²) in [6, 6.07) is 20.8. The Balaban J connectivity index is 1.61. The van der Waals surface area contributed by atoms with Gasteiger partial charge < -0.3 is 5.32 Å². The molecular formula is C23H21FN2O3S. The molecule has 1 atom stereocenters. The van der Waals surface area contributed by atoms with Gasteiger partial charge in [0.05, 0.1) is 11.4 Å². The highest BCUT2D eigenvalue weighted by Gasteiger charge is 2.12. The zero-order valence-electron chi connectivity index (χ0n) is 16.2. The number of halogens is 1. The fraction of sp³-hybridized carbons (Fsp3) is 0.0870. The first-order valence-electron chi connectivity index (χ1n) is 9.25. The number of anilines is 1. The van der Waals surface area contributed by atoms with E-state index < -0.39 is 10.0 Å². The van der Waals surface area contributed by atoms with Crippen LogP contribution in [-0.4, -0.2) is 14.3 Å². The predicted octanol–water partition coefficient (Wildman–Crippen LogP) is 4.73. The summed E-state index contributed by atoms with van der Waals surface area (Å²) in [7, 11) is -3.69. The zero-order valence-corrected chi connectivity index (χ0v) is 17.1. The number of benzene rings is 3. The van der Waals surface area contributed by atoms with Gasteiger partial charge in [-0.05, 0) is 60.5 Å². The van der Waals surface area contributed by atoms with Crippen LogP contribution in [0.2, 0.25) is 0 Å². The summed E-state index contributed by atoms with van der Waals surface area (Å²) in [5, 5.41) is 3.92. The van der Waals surface area contributed by atoms with Gasteiger partial charge in [0.1, 0.15) is 5.82 Å². The van der Waals surface area contributed by atoms with E-state index in [1.807, 2.05) is 18.2 Å². The largest absolute Gasteiger partial charge is 0.346 e. The van der Waals surface area contributed by atoms with Gasteiger partial charge in [0.2, 0.25) is 0 Å². The number of hydrogen-bond acceptors (Lipinski definition) is 3. The van der Waals surface area contributed by atoms with Crippen molar-refractivity contribution < 1.29 is 17.6 Å². The van der Waals surface area contributed by atoms with Crippen molar-refractivity contribution in [3.8, 4) is 0 Å². The van der Waals surface area contributed by atoms with Gasteiger partial charge in [-0.1, -0.05) is 42.5 Å². The van der Waals surface area contributed by atoms with E-state index in [4.69, 9.17) is 0 Å². The van der Waals surface area contributed by atoms with Crippen molar-refractivity contribution in [2.75, 3.05) is 4.72 Å². The van der Waals surface area contributed by atoms with Gasteiger partial charge in [0, 0.05) is 11.3 Å². The van der Waals surface area contributed by atoms with Crippen molar-refractivity contribution in [3.05, 3.63) is 107 Å². The number of carbonyl (C=O) groups excluding carboxylic acids is 1. The van der Waals surface area contributed by atoms with Crippen LogP contribution in [0.25, 0.3) is 6.08 Å². The summed E-state index contributed by atoms with van der Waals surface area (Å²) in [5.74, 6) is -0.654. The predicted molar refractivity (Wildman–Crippen MR) is 117 cm³/mol. The van der Waals surface area contributed by atoms with Crippen LogP contribution in [0.15, 0.2) is 84.3 Å². The minimum absolute atomic E-state index is 0.306. The molecule has 0 aliphatic heterocycles. The van der Waals surface area contributed by atoms with Crippen molar-refractivity contribution in [1.29, 1.82) is 0 Å². The molecule has 2 N–H and O–H groups in total. The van der Waals surface area contributed by atoms with Gasteiger partial charge in [-0.25, -0.2) is 12.8 Å². The van der Waals surface area contributed by atoms with Crippen LogP contribution in [-0.2, 0) is 10.0 Å². The Morgan fingerprint density at radius 3 is 2.20 bits per heavy atom. The highest BCUT2D eigenvalue weighted by atomic mass is 32.2. The molecule has 3 aromatic carbocycles. The molecule has 0 saturated carbocycles. The average molecular weight is 424 g/mol. The second kappa shape index (κ2) is 9.37. The first-order chi connectivity index (χ1) is 14.3. The molecule has 3 aromatic rings. The molecule has 1 amide bonds. The molecule has 0 heterocycles. The molecule has 5 nitrogen and oxygen atoms in total. The van der Waals surface area contributed by atoms with Gasteiger partial charge in [0.15, 0.2) is 0 Å². The fourth-order valence-electron chi connectivity index (χ4n) is 2.73. The number of sulfonamides is 1. The molecule has 0 saturated heterocycles. The third kappa shape index (κ3) is 6.02. The minimum atomic E-state index is -3.69. The van der Waals surface area contributed by atoms with Gasteiger partial charge in [-0.2, -0.15) is 0 Å². The van der Waals surface area contributed by atoms with Crippen LogP contribution >= 0.6 is 0 Å². The molecule has 0 bridgehead atoms. The topological polar surface area (TPSA) is 75.3 Å². The van der Waals surface area contributed by atoms with Crippen LogP contribution < -0.4 is 10.0 Å². The van der Waals surface area contributed by atoms with E-state index in [0.29, 0.717) is 11.3 Å². The highest BCUT2D eigenvalue weighted by molar-refractivity contribution is 7.95. The lowest BCUT2D eigenvalue weighted by Crippen LogP contribution is -2.26. The Kier molecular flexibility index (Phi) is 6.64. The summed E-state index contributed by atoms with van der Waals surface area (Å²) in [5.41, 5.74) is 2.27. The molecule has 0 aliphatic rings. The lowest BCUT2D eigenvalue weighted by Gasteiger charge is -2.14. The summed E-state index contributed by atoms with van der Waals surface area (Å²) in [4.78, 5) is 12.4. The number of amides is 1. The van der Waals surface area contributed by atoms with Crippen molar-refractivity contribution in [2.45, 2.75) is 13.0 Å². The van der Waals surface area contributed by atoms with Crippen LogP contribution in [0.3, 0.4) is 0 Å². The van der Waals surface area contributed by atoms with Crippen molar-refractivity contribution in [2.24, 2.45) is 0 Å². The fourth-order valence-corrected chi connectivity index (χ4v) is 3.60. The molecule has 0 aromatic heterocycles. The van der Waals surface area contributed by atoms with Crippen molar-refractivity contribution in [3.63, 3.8) is 0 Å². The summed E-state index contributed by atoms with van der Waals surface area (Å²) >= 11 is 0. The lowest BCUT2D eigenvalue weighted by molar-refractivity contribution is 0.0940. The number of hydrogen-bond donors (Lipinski definition) is 2. The van der Waals surface area contributed by atoms with E-state index in [0.717, 1.165) is 16.5 Å². The summed E-state index contributed by atoms with van der Waals surface area (Å²) in [6.07, 6.45) is 1.50. The quantitative estimate of drug-likeness (QED) is 0.576. The second-order valence-corrected chi connectivity index (χ2v) is 8.25. The normalized spacial score (nSPS) is 12.5. The SMILES string of the molecule is CC(NC(=O)c1ccc(NS(=O)(=O)/C=C/c2ccccc2)cc1)c1ccc(F)cc1. The third-order valence-corrected chi connectivity index (χ3v) is 5.38. The van der Waals surface area contributed by atoms with E-state index in [-0.39, 0.29) is 17.8 Å². The van der Waals surface area contributed by atoms with E-state index in [9.17, 15) is 17.6 Å². The summed E-state index contributed by atoms with van der Waals surface area (Å²) in [6.45, 7) is 1.80. The Bertz CT molecular complexity index is 1130. The third-order valence-electron chi connectivity index (χ3n) is 4.36. The molecule has 3 rings (SSSR count). The maximum Gasteiger partial charge on any atom is 0.255 e. The monoisotopic (exact) mass is 424 g/mol. The van der Waals surface area contributed by atoms with E-state index in [1.54, 1.807) is 31.2 Å². The Morgan fingerprint density at radius 2 is 1.57 bits per heavy atom. The lowest BCUT2D eigenvalue weighted by atomic mass is 10.1. The van der Waals surface area contributed by atoms with E-state index in [1.165, 1.54) is 42.5 Å². The van der Waals surface area contributed by atoms with Gasteiger partial charge >= 0.3 is 0 Å². The maximum atomic E-state index is 13.0. The Morgan fingerprint density at radius 1 is 0.933 bits per heavy atom. The number of carbonyl (C=O) groups is 1. The first-order valence-corrected chi connectivity index (χ1v) is 10.8. The molecule has 30 heavy (non-hydrogen) atoms. The molecule has 0 fully saturated rings. The zero-order chi connectivity index (χ0) is 21.6. The molecule has 0 aliphatic carbocycles. The first kappa shape index (κ1) is 21.3. The van der Waals surface area contributed by atoms with Gasteiger partial charge in [-0.3, -0.25) is 9.52 Å². The molecule has 0 radical (unpaired) electrons. The number of nitrogens with one attached hydrogen (secondary N) is 2. The standard InChI is InChI=1S/C23H21FN2O3S/c1-17(19-7-11-21(24)12-8-19)25-23(27)20-9-13-22(14-10-20)26-30(28,29)16-15-18-5-3-2-4-6-18/h2-17,26H,1H3,(H,25,27)/b16-15+. The van der Waals surface area contributed by atoms with Crippen LogP contribution in [0, 0.1) is 5.82 Å². The smallest absolute Gasteiger partial charge is 0.255 e. The minimum Gasteiger partial charge on any atom is -0.346 e. The molecular weight excluding hydrogens is 403 g/mol. The summed E-state index contributed by atoms with van der Waals surface area (Å²) < 4.78 is 39.9. The Hall–Kier alpha value is -3.45. The molecule has 154 valence electrons. The highest BCUT2D eigenvalue weighted by Crippen LogP contribution is 2.16. The van der Waals surface area contributed by atoms with Crippen molar-refractivity contribution >= 4 is 27.7 Å². The van der Waals surface area contributed by atoms with Crippen molar-refractivity contribution in [1.82, 2.24) is 5.32 Å². The van der Waals surface area contributed by atoms with E-state index in [2.05, 4.69) is 10.0 Å². The molecule has 0 spiro atoms. The maximum absolute atomic E-state index is 13.0. The van der Waals surface area contributed by atoms with Crippen LogP contribution in [0.1, 0.15) is 34.5 Å². The Labute approximate surface area is 175 Å². The van der Waals surface area contributed by atoms with Crippen LogP contribution in [0.5, 0.6) is 0 Å². The second-order valence-electron chi connectivity index (χ2n) is 6.68. The molecule has 1 unspecified atom stereocenters. The molecule has 7 heteroatoms. The van der Waals surface area contributed by atoms with Crippen LogP contribution in [0.4, 0.5) is 10.1 Å². The average Bonchev–Trinajstić information content (AvgIpc) is 2.74.